The molecule has 5 heteroatoms. The van der Waals surface area contributed by atoms with Crippen molar-refractivity contribution in [2.75, 3.05) is 11.0 Å². The van der Waals surface area contributed by atoms with Gasteiger partial charge >= 0.3 is 0 Å². The highest BCUT2D eigenvalue weighted by atomic mass is 32.2. The number of nitrogens with one attached hydrogen (secondary N) is 1. The molecule has 0 aliphatic carbocycles. The monoisotopic (exact) mass is 227 g/mol. The molecular weight excluding hydrogens is 214 g/mol. The van der Waals surface area contributed by atoms with Crippen molar-refractivity contribution in [2.24, 2.45) is 0 Å². The van der Waals surface area contributed by atoms with Crippen molar-refractivity contribution in [3.63, 3.8) is 0 Å². The van der Waals surface area contributed by atoms with E-state index in [1.165, 1.54) is 6.92 Å². The van der Waals surface area contributed by atoms with E-state index in [9.17, 15) is 13.2 Å². The van der Waals surface area contributed by atoms with Crippen LogP contribution in [-0.2, 0) is 21.2 Å². The highest BCUT2D eigenvalue weighted by molar-refractivity contribution is 7.92. The predicted octanol–water partition coefficient (Wildman–Crippen LogP) is 1.19. The molecule has 0 aromatic heterocycles. The predicted molar refractivity (Wildman–Crippen MR) is 59.3 cm³/mol. The van der Waals surface area contributed by atoms with E-state index in [1.54, 1.807) is 24.3 Å². The SMILES string of the molecule is CC(=O)Cc1cccc(NS(C)(=O)=O)c1. The molecule has 0 bridgehead atoms. The minimum atomic E-state index is -3.26. The maximum Gasteiger partial charge on any atom is 0.229 e. The molecule has 82 valence electrons. The van der Waals surface area contributed by atoms with E-state index in [0.717, 1.165) is 11.8 Å². The fourth-order valence-corrected chi connectivity index (χ4v) is 1.80. The maximum atomic E-state index is 11.0. The van der Waals surface area contributed by atoms with Crippen LogP contribution in [0.2, 0.25) is 0 Å². The van der Waals surface area contributed by atoms with Crippen LogP contribution in [0.1, 0.15) is 12.5 Å². The molecule has 0 atom stereocenters. The van der Waals surface area contributed by atoms with Gasteiger partial charge in [-0.25, -0.2) is 8.42 Å². The maximum absolute atomic E-state index is 11.0. The number of hydrogen-bond donors (Lipinski definition) is 1. The van der Waals surface area contributed by atoms with E-state index in [0.29, 0.717) is 12.1 Å². The first kappa shape index (κ1) is 11.7. The largest absolute Gasteiger partial charge is 0.300 e. The molecule has 1 aromatic carbocycles. The summed E-state index contributed by atoms with van der Waals surface area (Å²) in [5.74, 6) is 0.0477. The van der Waals surface area contributed by atoms with Gasteiger partial charge in [-0.05, 0) is 24.6 Å². The summed E-state index contributed by atoms with van der Waals surface area (Å²) in [7, 11) is -3.26. The van der Waals surface area contributed by atoms with Crippen LogP contribution in [0.25, 0.3) is 0 Å². The number of anilines is 1. The first-order valence-corrected chi connectivity index (χ1v) is 6.32. The molecule has 1 N–H and O–H groups in total. The quantitative estimate of drug-likeness (QED) is 0.840. The number of sulfonamides is 1. The Balaban J connectivity index is 2.88. The fraction of sp³-hybridized carbons (Fsp3) is 0.300. The van der Waals surface area contributed by atoms with Gasteiger partial charge in [0.2, 0.25) is 10.0 Å². The number of carbonyl (C=O) groups is 1. The van der Waals surface area contributed by atoms with Crippen LogP contribution in [0.5, 0.6) is 0 Å². The van der Waals surface area contributed by atoms with Crippen LogP contribution in [0.3, 0.4) is 0 Å². The van der Waals surface area contributed by atoms with Crippen molar-refractivity contribution in [3.8, 4) is 0 Å². The minimum absolute atomic E-state index is 0.0477. The number of carbonyl (C=O) groups excluding carboxylic acids is 1. The molecule has 0 heterocycles. The van der Waals surface area contributed by atoms with Crippen LogP contribution in [0.15, 0.2) is 24.3 Å². The van der Waals surface area contributed by atoms with Gasteiger partial charge in [-0.15, -0.1) is 0 Å². The zero-order chi connectivity index (χ0) is 11.5. The van der Waals surface area contributed by atoms with Gasteiger partial charge < -0.3 is 0 Å². The highest BCUT2D eigenvalue weighted by Crippen LogP contribution is 2.12. The van der Waals surface area contributed by atoms with Crippen molar-refractivity contribution in [1.29, 1.82) is 0 Å². The molecule has 0 aliphatic rings. The molecule has 0 radical (unpaired) electrons. The topological polar surface area (TPSA) is 63.2 Å². The summed E-state index contributed by atoms with van der Waals surface area (Å²) in [5.41, 5.74) is 1.28. The van der Waals surface area contributed by atoms with E-state index in [4.69, 9.17) is 0 Å². The van der Waals surface area contributed by atoms with Crippen molar-refractivity contribution < 1.29 is 13.2 Å². The molecule has 0 aliphatic heterocycles. The van der Waals surface area contributed by atoms with Crippen molar-refractivity contribution >= 4 is 21.5 Å². The van der Waals surface area contributed by atoms with Gasteiger partial charge in [0.25, 0.3) is 0 Å². The Bertz CT molecular complexity index is 465. The Labute approximate surface area is 89.4 Å². The van der Waals surface area contributed by atoms with Gasteiger partial charge in [-0.3, -0.25) is 9.52 Å². The fourth-order valence-electron chi connectivity index (χ4n) is 1.25. The summed E-state index contributed by atoms with van der Waals surface area (Å²) in [6, 6.07) is 6.80. The Morgan fingerprint density at radius 2 is 2.07 bits per heavy atom. The summed E-state index contributed by atoms with van der Waals surface area (Å²) < 4.78 is 24.3. The highest BCUT2D eigenvalue weighted by Gasteiger charge is 2.03. The molecule has 0 saturated heterocycles. The zero-order valence-electron chi connectivity index (χ0n) is 8.65. The molecule has 15 heavy (non-hydrogen) atoms. The summed E-state index contributed by atoms with van der Waals surface area (Å²) in [5, 5.41) is 0. The van der Waals surface area contributed by atoms with Crippen LogP contribution in [0, 0.1) is 0 Å². The third kappa shape index (κ3) is 4.60. The lowest BCUT2D eigenvalue weighted by Crippen LogP contribution is -2.09. The Morgan fingerprint density at radius 1 is 1.40 bits per heavy atom. The van der Waals surface area contributed by atoms with Crippen LogP contribution < -0.4 is 4.72 Å². The van der Waals surface area contributed by atoms with Crippen molar-refractivity contribution in [1.82, 2.24) is 0 Å². The zero-order valence-corrected chi connectivity index (χ0v) is 9.47. The number of hydrogen-bond acceptors (Lipinski definition) is 3. The Morgan fingerprint density at radius 3 is 2.60 bits per heavy atom. The van der Waals surface area contributed by atoms with Crippen molar-refractivity contribution in [2.45, 2.75) is 13.3 Å². The lowest BCUT2D eigenvalue weighted by atomic mass is 10.1. The molecule has 0 fully saturated rings. The Hall–Kier alpha value is -1.36. The second kappa shape index (κ2) is 4.44. The van der Waals surface area contributed by atoms with Gasteiger partial charge in [0, 0.05) is 12.1 Å². The summed E-state index contributed by atoms with van der Waals surface area (Å²) in [4.78, 5) is 10.9. The first-order valence-electron chi connectivity index (χ1n) is 4.43. The normalized spacial score (nSPS) is 11.1. The van der Waals surface area contributed by atoms with E-state index in [2.05, 4.69) is 4.72 Å². The van der Waals surface area contributed by atoms with Crippen LogP contribution in [-0.4, -0.2) is 20.5 Å². The third-order valence-corrected chi connectivity index (χ3v) is 2.29. The molecular formula is C10H13NO3S. The van der Waals surface area contributed by atoms with Gasteiger partial charge in [0.05, 0.1) is 6.26 Å². The molecule has 0 unspecified atom stereocenters. The number of benzene rings is 1. The van der Waals surface area contributed by atoms with E-state index >= 15 is 0 Å². The van der Waals surface area contributed by atoms with Gasteiger partial charge in [-0.2, -0.15) is 0 Å². The third-order valence-electron chi connectivity index (χ3n) is 1.68. The second-order valence-electron chi connectivity index (χ2n) is 3.45. The number of Topliss-reactive ketones (excluding diaryl/α,β-unsaturated/α-hetero) is 1. The summed E-state index contributed by atoms with van der Waals surface area (Å²) in [6.07, 6.45) is 1.41. The first-order chi connectivity index (χ1) is 6.87. The summed E-state index contributed by atoms with van der Waals surface area (Å²) >= 11 is 0. The minimum Gasteiger partial charge on any atom is -0.300 e. The molecule has 0 saturated carbocycles. The second-order valence-corrected chi connectivity index (χ2v) is 5.20. The molecule has 0 amide bonds. The smallest absolute Gasteiger partial charge is 0.229 e. The van der Waals surface area contributed by atoms with E-state index in [-0.39, 0.29) is 5.78 Å². The lowest BCUT2D eigenvalue weighted by Gasteiger charge is -2.05. The number of rotatable bonds is 4. The van der Waals surface area contributed by atoms with Crippen LogP contribution >= 0.6 is 0 Å². The molecule has 0 spiro atoms. The summed E-state index contributed by atoms with van der Waals surface area (Å²) in [6.45, 7) is 1.50. The molecule has 1 rings (SSSR count). The lowest BCUT2D eigenvalue weighted by molar-refractivity contribution is -0.116. The average Bonchev–Trinajstić information content (AvgIpc) is 1.99. The average molecular weight is 227 g/mol. The van der Waals surface area contributed by atoms with Gasteiger partial charge in [0.15, 0.2) is 0 Å². The van der Waals surface area contributed by atoms with Crippen LogP contribution in [0.4, 0.5) is 5.69 Å². The van der Waals surface area contributed by atoms with Crippen molar-refractivity contribution in [3.05, 3.63) is 29.8 Å². The molecule has 4 nitrogen and oxygen atoms in total. The van der Waals surface area contributed by atoms with E-state index < -0.39 is 10.0 Å². The Kier molecular flexibility index (Phi) is 3.47. The number of ketones is 1. The standard InChI is InChI=1S/C10H13NO3S/c1-8(12)6-9-4-3-5-10(7-9)11-15(2,13)14/h3-5,7,11H,6H2,1-2H3. The van der Waals surface area contributed by atoms with Gasteiger partial charge in [0.1, 0.15) is 5.78 Å². The van der Waals surface area contributed by atoms with Gasteiger partial charge in [-0.1, -0.05) is 12.1 Å². The molecule has 1 aromatic rings. The van der Waals surface area contributed by atoms with E-state index in [1.807, 2.05) is 0 Å².